The second-order valence-corrected chi connectivity index (χ2v) is 9.95. The Bertz CT molecular complexity index is 1010. The lowest BCUT2D eigenvalue weighted by atomic mass is 10.1. The van der Waals surface area contributed by atoms with Crippen LogP contribution in [-0.2, 0) is 10.0 Å². The number of hydrogen-bond donors (Lipinski definition) is 1. The average Bonchev–Trinajstić information content (AvgIpc) is 3.28. The predicted octanol–water partition coefficient (Wildman–Crippen LogP) is 3.50. The van der Waals surface area contributed by atoms with E-state index in [2.05, 4.69) is 9.62 Å². The van der Waals surface area contributed by atoms with Gasteiger partial charge in [0.1, 0.15) is 0 Å². The van der Waals surface area contributed by atoms with E-state index in [1.54, 1.807) is 30.3 Å². The fourth-order valence-corrected chi connectivity index (χ4v) is 5.56. The Morgan fingerprint density at radius 3 is 2.37 bits per heavy atom. The van der Waals surface area contributed by atoms with Crippen LogP contribution in [0, 0.1) is 6.92 Å². The first-order chi connectivity index (χ1) is 14.4. The van der Waals surface area contributed by atoms with Gasteiger partial charge in [-0.05, 0) is 55.7 Å². The number of nitrogens with zero attached hydrogens (tertiary/aromatic N) is 2. The standard InChI is InChI=1S/C23H29N3O3S/c1-18-6-4-8-20(16-18)24-30(28,29)22-11-5-7-19(17-22)23(27)26-14-12-25(13-15-26)21-9-2-3-10-21/h4-8,11,16-17,21,24H,2-3,9-10,12-15H2,1H3. The van der Waals surface area contributed by atoms with Crippen molar-refractivity contribution in [1.82, 2.24) is 9.80 Å². The van der Waals surface area contributed by atoms with Gasteiger partial charge >= 0.3 is 0 Å². The molecule has 2 aromatic carbocycles. The molecular formula is C23H29N3O3S. The van der Waals surface area contributed by atoms with E-state index in [0.29, 0.717) is 30.4 Å². The summed E-state index contributed by atoms with van der Waals surface area (Å²) in [4.78, 5) is 17.4. The van der Waals surface area contributed by atoms with Crippen molar-refractivity contribution in [3.05, 3.63) is 59.7 Å². The minimum atomic E-state index is -3.77. The van der Waals surface area contributed by atoms with Crippen molar-refractivity contribution in [3.63, 3.8) is 0 Å². The average molecular weight is 428 g/mol. The van der Waals surface area contributed by atoms with Crippen molar-refractivity contribution in [2.75, 3.05) is 30.9 Å². The summed E-state index contributed by atoms with van der Waals surface area (Å²) in [5, 5.41) is 0. The quantitative estimate of drug-likeness (QED) is 0.793. The summed E-state index contributed by atoms with van der Waals surface area (Å²) in [5.74, 6) is -0.103. The van der Waals surface area contributed by atoms with Crippen LogP contribution >= 0.6 is 0 Å². The fourth-order valence-electron chi connectivity index (χ4n) is 4.46. The maximum atomic E-state index is 13.0. The molecule has 0 aromatic heterocycles. The van der Waals surface area contributed by atoms with Crippen molar-refractivity contribution >= 4 is 21.6 Å². The topological polar surface area (TPSA) is 69.7 Å². The largest absolute Gasteiger partial charge is 0.336 e. The zero-order valence-corrected chi connectivity index (χ0v) is 18.2. The number of anilines is 1. The number of benzene rings is 2. The zero-order chi connectivity index (χ0) is 21.1. The molecule has 0 radical (unpaired) electrons. The Morgan fingerprint density at radius 1 is 0.967 bits per heavy atom. The Labute approximate surface area is 178 Å². The third-order valence-electron chi connectivity index (χ3n) is 6.10. The Hall–Kier alpha value is -2.38. The third kappa shape index (κ3) is 4.68. The van der Waals surface area contributed by atoms with Crippen LogP contribution in [0.1, 0.15) is 41.6 Å². The summed E-state index contributed by atoms with van der Waals surface area (Å²) in [6.07, 6.45) is 5.15. The summed E-state index contributed by atoms with van der Waals surface area (Å²) in [6.45, 7) is 5.07. The van der Waals surface area contributed by atoms with E-state index in [1.165, 1.54) is 37.8 Å². The predicted molar refractivity (Wildman–Crippen MR) is 118 cm³/mol. The highest BCUT2D eigenvalue weighted by Crippen LogP contribution is 2.25. The van der Waals surface area contributed by atoms with Gasteiger partial charge in [0.15, 0.2) is 0 Å². The fraction of sp³-hybridized carbons (Fsp3) is 0.435. The molecule has 1 N–H and O–H groups in total. The van der Waals surface area contributed by atoms with Crippen LogP contribution in [-0.4, -0.2) is 56.3 Å². The number of carbonyl (C=O) groups is 1. The summed E-state index contributed by atoms with van der Waals surface area (Å²) < 4.78 is 28.2. The molecule has 160 valence electrons. The van der Waals surface area contributed by atoms with E-state index < -0.39 is 10.0 Å². The lowest BCUT2D eigenvalue weighted by Gasteiger charge is -2.38. The molecule has 1 amide bonds. The van der Waals surface area contributed by atoms with Crippen molar-refractivity contribution in [2.45, 2.75) is 43.5 Å². The number of sulfonamides is 1. The first-order valence-corrected chi connectivity index (χ1v) is 12.1. The van der Waals surface area contributed by atoms with E-state index in [-0.39, 0.29) is 10.8 Å². The zero-order valence-electron chi connectivity index (χ0n) is 17.4. The van der Waals surface area contributed by atoms with Gasteiger partial charge in [-0.1, -0.05) is 31.0 Å². The SMILES string of the molecule is Cc1cccc(NS(=O)(=O)c2cccc(C(=O)N3CCN(C4CCCC4)CC3)c2)c1. The molecule has 0 unspecified atom stereocenters. The minimum absolute atomic E-state index is 0.0967. The van der Waals surface area contributed by atoms with Crippen LogP contribution in [0.3, 0.4) is 0 Å². The molecule has 1 saturated heterocycles. The lowest BCUT2D eigenvalue weighted by molar-refractivity contribution is 0.0573. The molecule has 2 aliphatic rings. The van der Waals surface area contributed by atoms with Crippen LogP contribution in [0.25, 0.3) is 0 Å². The van der Waals surface area contributed by atoms with E-state index >= 15 is 0 Å². The highest BCUT2D eigenvalue weighted by Gasteiger charge is 2.28. The van der Waals surface area contributed by atoms with Gasteiger partial charge in [-0.15, -0.1) is 0 Å². The number of rotatable bonds is 5. The van der Waals surface area contributed by atoms with Crippen LogP contribution < -0.4 is 4.72 Å². The molecule has 30 heavy (non-hydrogen) atoms. The second-order valence-electron chi connectivity index (χ2n) is 8.27. The van der Waals surface area contributed by atoms with Gasteiger partial charge in [-0.2, -0.15) is 0 Å². The molecule has 1 saturated carbocycles. The summed E-state index contributed by atoms with van der Waals surface area (Å²) >= 11 is 0. The molecule has 0 bridgehead atoms. The molecule has 1 aliphatic carbocycles. The molecule has 7 heteroatoms. The van der Waals surface area contributed by atoms with Crippen molar-refractivity contribution in [1.29, 1.82) is 0 Å². The van der Waals surface area contributed by atoms with Crippen molar-refractivity contribution < 1.29 is 13.2 Å². The van der Waals surface area contributed by atoms with Gasteiger partial charge in [0.25, 0.3) is 15.9 Å². The molecular weight excluding hydrogens is 398 g/mol. The molecule has 2 aromatic rings. The Morgan fingerprint density at radius 2 is 1.67 bits per heavy atom. The number of aryl methyl sites for hydroxylation is 1. The Balaban J connectivity index is 1.44. The smallest absolute Gasteiger partial charge is 0.261 e. The molecule has 0 atom stereocenters. The molecule has 6 nitrogen and oxygen atoms in total. The first kappa shape index (κ1) is 20.9. The van der Waals surface area contributed by atoms with E-state index in [0.717, 1.165) is 18.7 Å². The molecule has 1 aliphatic heterocycles. The maximum absolute atomic E-state index is 13.0. The van der Waals surface area contributed by atoms with Gasteiger partial charge in [0.05, 0.1) is 4.90 Å². The Kier molecular flexibility index (Phi) is 6.11. The number of hydrogen-bond acceptors (Lipinski definition) is 4. The maximum Gasteiger partial charge on any atom is 0.261 e. The molecule has 0 spiro atoms. The number of amides is 1. The van der Waals surface area contributed by atoms with Gasteiger partial charge in [0, 0.05) is 43.5 Å². The number of nitrogens with one attached hydrogen (secondary N) is 1. The molecule has 1 heterocycles. The third-order valence-corrected chi connectivity index (χ3v) is 7.48. The minimum Gasteiger partial charge on any atom is -0.336 e. The summed E-state index contributed by atoms with van der Waals surface area (Å²) in [7, 11) is -3.77. The summed E-state index contributed by atoms with van der Waals surface area (Å²) in [5.41, 5.74) is 1.89. The first-order valence-electron chi connectivity index (χ1n) is 10.7. The second kappa shape index (κ2) is 8.78. The molecule has 4 rings (SSSR count). The van der Waals surface area contributed by atoms with Crippen molar-refractivity contribution in [3.8, 4) is 0 Å². The van der Waals surface area contributed by atoms with Gasteiger partial charge < -0.3 is 4.90 Å². The van der Waals surface area contributed by atoms with Gasteiger partial charge in [-0.25, -0.2) is 8.42 Å². The van der Waals surface area contributed by atoms with Crippen LogP contribution in [0.4, 0.5) is 5.69 Å². The highest BCUT2D eigenvalue weighted by molar-refractivity contribution is 7.92. The monoisotopic (exact) mass is 427 g/mol. The number of carbonyl (C=O) groups excluding carboxylic acids is 1. The summed E-state index contributed by atoms with van der Waals surface area (Å²) in [6, 6.07) is 14.2. The van der Waals surface area contributed by atoms with Crippen molar-refractivity contribution in [2.24, 2.45) is 0 Å². The van der Waals surface area contributed by atoms with E-state index in [4.69, 9.17) is 0 Å². The van der Waals surface area contributed by atoms with Gasteiger partial charge in [0.2, 0.25) is 0 Å². The normalized spacial score (nSPS) is 18.5. The van der Waals surface area contributed by atoms with Gasteiger partial charge in [-0.3, -0.25) is 14.4 Å². The van der Waals surface area contributed by atoms with Crippen LogP contribution in [0.5, 0.6) is 0 Å². The highest BCUT2D eigenvalue weighted by atomic mass is 32.2. The lowest BCUT2D eigenvalue weighted by Crippen LogP contribution is -2.51. The van der Waals surface area contributed by atoms with E-state index in [9.17, 15) is 13.2 Å². The van der Waals surface area contributed by atoms with E-state index in [1.807, 2.05) is 17.9 Å². The molecule has 2 fully saturated rings. The number of piperazine rings is 1. The van der Waals surface area contributed by atoms with Crippen LogP contribution in [0.2, 0.25) is 0 Å². The van der Waals surface area contributed by atoms with Crippen LogP contribution in [0.15, 0.2) is 53.4 Å².